The molecule has 0 bridgehead atoms. The number of anilines is 2. The third-order valence-corrected chi connectivity index (χ3v) is 5.21. The van der Waals surface area contributed by atoms with E-state index in [2.05, 4.69) is 25.7 Å². The summed E-state index contributed by atoms with van der Waals surface area (Å²) in [6.07, 6.45) is 0. The third kappa shape index (κ3) is 3.88. The van der Waals surface area contributed by atoms with Gasteiger partial charge in [-0.25, -0.2) is 4.79 Å². The monoisotopic (exact) mass is 417 g/mol. The summed E-state index contributed by atoms with van der Waals surface area (Å²) < 4.78 is 1.70. The Morgan fingerprint density at radius 3 is 2.43 bits per heavy atom. The topological polar surface area (TPSA) is 79.2 Å². The van der Waals surface area contributed by atoms with Crippen LogP contribution in [-0.2, 0) is 0 Å². The predicted molar refractivity (Wildman–Crippen MR) is 108 cm³/mol. The van der Waals surface area contributed by atoms with Gasteiger partial charge in [-0.1, -0.05) is 46.5 Å². The van der Waals surface area contributed by atoms with E-state index in [0.717, 1.165) is 5.69 Å². The van der Waals surface area contributed by atoms with E-state index in [1.807, 2.05) is 30.3 Å². The summed E-state index contributed by atoms with van der Waals surface area (Å²) in [6.45, 7) is 2.35. The van der Waals surface area contributed by atoms with E-state index in [9.17, 15) is 4.79 Å². The number of para-hydroxylation sites is 1. The minimum atomic E-state index is -0.180. The van der Waals surface area contributed by atoms with Crippen molar-refractivity contribution in [2.24, 2.45) is 0 Å². The van der Waals surface area contributed by atoms with Gasteiger partial charge in [-0.05, 0) is 40.8 Å². The zero-order valence-corrected chi connectivity index (χ0v) is 16.3. The molecule has 1 aliphatic rings. The van der Waals surface area contributed by atoms with Crippen molar-refractivity contribution in [3.05, 3.63) is 58.6 Å². The highest BCUT2D eigenvalue weighted by molar-refractivity contribution is 6.42. The van der Waals surface area contributed by atoms with Crippen LogP contribution in [0.25, 0.3) is 5.69 Å². The van der Waals surface area contributed by atoms with Crippen molar-refractivity contribution < 1.29 is 4.79 Å². The number of carbonyl (C=O) groups excluding carboxylic acids is 1. The van der Waals surface area contributed by atoms with Crippen LogP contribution in [0.2, 0.25) is 10.0 Å². The van der Waals surface area contributed by atoms with E-state index >= 15 is 0 Å². The van der Waals surface area contributed by atoms with Gasteiger partial charge in [0.25, 0.3) is 0 Å². The smallest absolute Gasteiger partial charge is 0.321 e. The van der Waals surface area contributed by atoms with Gasteiger partial charge in [-0.15, -0.1) is 0 Å². The maximum absolute atomic E-state index is 12.5. The fraction of sp³-hybridized carbons (Fsp3) is 0.222. The number of hydrogen-bond acceptors (Lipinski definition) is 5. The van der Waals surface area contributed by atoms with Crippen LogP contribution in [0.3, 0.4) is 0 Å². The summed E-state index contributed by atoms with van der Waals surface area (Å²) in [4.78, 5) is 16.3. The number of amides is 2. The van der Waals surface area contributed by atoms with Gasteiger partial charge in [0.2, 0.25) is 5.95 Å². The lowest BCUT2D eigenvalue weighted by Crippen LogP contribution is -2.50. The first kappa shape index (κ1) is 18.5. The van der Waals surface area contributed by atoms with Crippen LogP contribution in [-0.4, -0.2) is 57.3 Å². The molecule has 3 aromatic rings. The first-order valence-electron chi connectivity index (χ1n) is 8.71. The molecule has 0 saturated carbocycles. The molecule has 2 amide bonds. The van der Waals surface area contributed by atoms with Crippen molar-refractivity contribution in [3.63, 3.8) is 0 Å². The van der Waals surface area contributed by atoms with E-state index in [1.165, 1.54) is 0 Å². The zero-order chi connectivity index (χ0) is 19.5. The summed E-state index contributed by atoms with van der Waals surface area (Å²) in [5.41, 5.74) is 1.50. The van der Waals surface area contributed by atoms with E-state index in [4.69, 9.17) is 23.2 Å². The van der Waals surface area contributed by atoms with Crippen LogP contribution in [0.1, 0.15) is 0 Å². The molecule has 0 unspecified atom stereocenters. The Morgan fingerprint density at radius 1 is 0.964 bits per heavy atom. The lowest BCUT2D eigenvalue weighted by atomic mass is 10.3. The number of aromatic nitrogens is 4. The molecule has 0 spiro atoms. The average molecular weight is 418 g/mol. The molecule has 8 nitrogen and oxygen atoms in total. The molecule has 0 atom stereocenters. The summed E-state index contributed by atoms with van der Waals surface area (Å²) in [5, 5.41) is 15.7. The summed E-state index contributed by atoms with van der Waals surface area (Å²) in [6, 6.07) is 14.5. The Hall–Kier alpha value is -2.84. The second kappa shape index (κ2) is 8.04. The van der Waals surface area contributed by atoms with Crippen LogP contribution in [0.4, 0.5) is 16.4 Å². The molecular weight excluding hydrogens is 401 g/mol. The number of carbonyl (C=O) groups is 1. The molecular formula is C18H17Cl2N7O. The minimum Gasteiger partial charge on any atom is -0.336 e. The number of urea groups is 1. The van der Waals surface area contributed by atoms with Gasteiger partial charge in [0.15, 0.2) is 0 Å². The molecule has 0 radical (unpaired) electrons. The highest BCUT2D eigenvalue weighted by Gasteiger charge is 2.25. The number of halogens is 2. The molecule has 1 N–H and O–H groups in total. The van der Waals surface area contributed by atoms with Crippen LogP contribution in [0, 0.1) is 0 Å². The third-order valence-electron chi connectivity index (χ3n) is 4.47. The molecule has 1 saturated heterocycles. The number of tetrazole rings is 1. The Balaban J connectivity index is 1.39. The Bertz CT molecular complexity index is 971. The van der Waals surface area contributed by atoms with Crippen LogP contribution in [0.5, 0.6) is 0 Å². The SMILES string of the molecule is O=C(Nc1ccc(Cl)c(Cl)c1)N1CCN(c2nnnn2-c2ccccc2)CC1. The molecule has 144 valence electrons. The van der Waals surface area contributed by atoms with E-state index in [1.54, 1.807) is 27.8 Å². The maximum atomic E-state index is 12.5. The number of piperazine rings is 1. The number of nitrogens with zero attached hydrogens (tertiary/aromatic N) is 6. The molecule has 0 aliphatic carbocycles. The van der Waals surface area contributed by atoms with Crippen molar-refractivity contribution in [3.8, 4) is 5.69 Å². The minimum absolute atomic E-state index is 0.180. The molecule has 10 heteroatoms. The van der Waals surface area contributed by atoms with Gasteiger partial charge < -0.3 is 15.1 Å². The summed E-state index contributed by atoms with van der Waals surface area (Å²) >= 11 is 11.9. The second-order valence-electron chi connectivity index (χ2n) is 6.26. The fourth-order valence-electron chi connectivity index (χ4n) is 3.00. The van der Waals surface area contributed by atoms with Crippen molar-refractivity contribution >= 4 is 40.9 Å². The second-order valence-corrected chi connectivity index (χ2v) is 7.07. The highest BCUT2D eigenvalue weighted by atomic mass is 35.5. The standard InChI is InChI=1S/C18H17Cl2N7O/c19-15-7-6-13(12-16(15)20)21-18(28)26-10-8-25(9-11-26)17-22-23-24-27(17)14-4-2-1-3-5-14/h1-7,12H,8-11H2,(H,21,28). The van der Waals surface area contributed by atoms with Gasteiger partial charge in [0.1, 0.15) is 0 Å². The lowest BCUT2D eigenvalue weighted by molar-refractivity contribution is 0.208. The lowest BCUT2D eigenvalue weighted by Gasteiger charge is -2.34. The Labute approximate surface area is 171 Å². The molecule has 1 fully saturated rings. The first-order valence-corrected chi connectivity index (χ1v) is 9.47. The largest absolute Gasteiger partial charge is 0.336 e. The van der Waals surface area contributed by atoms with Crippen molar-refractivity contribution in [1.29, 1.82) is 0 Å². The number of benzene rings is 2. The normalized spacial score (nSPS) is 14.2. The molecule has 1 aliphatic heterocycles. The van der Waals surface area contributed by atoms with Crippen molar-refractivity contribution in [2.75, 3.05) is 36.4 Å². The van der Waals surface area contributed by atoms with Gasteiger partial charge in [0.05, 0.1) is 15.7 Å². The number of rotatable bonds is 3. The highest BCUT2D eigenvalue weighted by Crippen LogP contribution is 2.25. The van der Waals surface area contributed by atoms with Gasteiger partial charge in [0, 0.05) is 31.9 Å². The van der Waals surface area contributed by atoms with Crippen LogP contribution < -0.4 is 10.2 Å². The Kier molecular flexibility index (Phi) is 5.31. The zero-order valence-electron chi connectivity index (χ0n) is 14.8. The van der Waals surface area contributed by atoms with E-state index in [0.29, 0.717) is 47.9 Å². The maximum Gasteiger partial charge on any atom is 0.321 e. The van der Waals surface area contributed by atoms with Crippen molar-refractivity contribution in [2.45, 2.75) is 0 Å². The van der Waals surface area contributed by atoms with Gasteiger partial charge in [-0.2, -0.15) is 4.68 Å². The predicted octanol–water partition coefficient (Wildman–Crippen LogP) is 3.32. The molecule has 2 heterocycles. The first-order chi connectivity index (χ1) is 13.6. The summed E-state index contributed by atoms with van der Waals surface area (Å²) in [7, 11) is 0. The average Bonchev–Trinajstić information content (AvgIpc) is 3.21. The number of hydrogen-bond donors (Lipinski definition) is 1. The van der Waals surface area contributed by atoms with Gasteiger partial charge in [-0.3, -0.25) is 0 Å². The molecule has 2 aromatic carbocycles. The quantitative estimate of drug-likeness (QED) is 0.706. The fourth-order valence-corrected chi connectivity index (χ4v) is 3.30. The number of nitrogens with one attached hydrogen (secondary N) is 1. The van der Waals surface area contributed by atoms with Crippen LogP contribution in [0.15, 0.2) is 48.5 Å². The van der Waals surface area contributed by atoms with Gasteiger partial charge >= 0.3 is 6.03 Å². The Morgan fingerprint density at radius 2 is 1.71 bits per heavy atom. The molecule has 4 rings (SSSR count). The van der Waals surface area contributed by atoms with E-state index < -0.39 is 0 Å². The van der Waals surface area contributed by atoms with Crippen LogP contribution >= 0.6 is 23.2 Å². The molecule has 28 heavy (non-hydrogen) atoms. The molecule has 1 aromatic heterocycles. The summed E-state index contributed by atoms with van der Waals surface area (Å²) in [5.74, 6) is 0.663. The van der Waals surface area contributed by atoms with Crippen molar-refractivity contribution in [1.82, 2.24) is 25.1 Å². The van der Waals surface area contributed by atoms with E-state index in [-0.39, 0.29) is 6.03 Å².